The summed E-state index contributed by atoms with van der Waals surface area (Å²) >= 11 is 0. The van der Waals surface area contributed by atoms with Gasteiger partial charge in [0, 0.05) is 12.8 Å². The molecule has 0 saturated carbocycles. The second-order valence-corrected chi connectivity index (χ2v) is 2.52. The Labute approximate surface area is 66.5 Å². The summed E-state index contributed by atoms with van der Waals surface area (Å²) in [6, 6.07) is 0. The Morgan fingerprint density at radius 2 is 2.55 bits per heavy atom. The van der Waals surface area contributed by atoms with Gasteiger partial charge in [-0.1, -0.05) is 12.2 Å². The number of carbonyl (C=O) groups excluding carboxylic acids is 1. The molecule has 1 aliphatic rings. The maximum Gasteiger partial charge on any atom is 0.306 e. The molecule has 60 valence electrons. The van der Waals surface area contributed by atoms with E-state index in [2.05, 4.69) is 6.58 Å². The summed E-state index contributed by atoms with van der Waals surface area (Å²) in [5.41, 5.74) is 0. The fourth-order valence-corrected chi connectivity index (χ4v) is 0.782. The molecule has 0 radical (unpaired) electrons. The Bertz CT molecular complexity index is 182. The molecule has 0 spiro atoms. The highest BCUT2D eigenvalue weighted by atomic mass is 16.5. The average molecular weight is 152 g/mol. The first-order valence-electron chi connectivity index (χ1n) is 3.80. The summed E-state index contributed by atoms with van der Waals surface area (Å²) in [4.78, 5) is 10.9. The third-order valence-electron chi connectivity index (χ3n) is 1.55. The lowest BCUT2D eigenvalue weighted by Crippen LogP contribution is -2.19. The third kappa shape index (κ3) is 2.58. The van der Waals surface area contributed by atoms with Crippen molar-refractivity contribution >= 4 is 5.97 Å². The molecule has 0 aromatic rings. The van der Waals surface area contributed by atoms with Crippen molar-refractivity contribution in [2.75, 3.05) is 0 Å². The largest absolute Gasteiger partial charge is 0.458 e. The topological polar surface area (TPSA) is 26.3 Å². The number of hydrogen-bond acceptors (Lipinski definition) is 2. The van der Waals surface area contributed by atoms with Crippen LogP contribution in [0.2, 0.25) is 0 Å². The van der Waals surface area contributed by atoms with Crippen LogP contribution in [0.3, 0.4) is 0 Å². The van der Waals surface area contributed by atoms with Gasteiger partial charge in [0.15, 0.2) is 0 Å². The van der Waals surface area contributed by atoms with Crippen molar-refractivity contribution in [3.8, 4) is 0 Å². The van der Waals surface area contributed by atoms with Crippen molar-refractivity contribution in [2.24, 2.45) is 0 Å². The van der Waals surface area contributed by atoms with Gasteiger partial charge in [-0.15, -0.1) is 6.58 Å². The van der Waals surface area contributed by atoms with Gasteiger partial charge in [-0.25, -0.2) is 0 Å². The fraction of sp³-hybridized carbons (Fsp3) is 0.444. The fourth-order valence-electron chi connectivity index (χ4n) is 0.782. The van der Waals surface area contributed by atoms with Crippen LogP contribution in [0.25, 0.3) is 0 Å². The lowest BCUT2D eigenvalue weighted by Gasteiger charge is -2.17. The second-order valence-electron chi connectivity index (χ2n) is 2.52. The zero-order valence-corrected chi connectivity index (χ0v) is 6.45. The van der Waals surface area contributed by atoms with Gasteiger partial charge in [0.2, 0.25) is 0 Å². The summed E-state index contributed by atoms with van der Waals surface area (Å²) in [6.45, 7) is 3.52. The second kappa shape index (κ2) is 3.96. The number of rotatable bonds is 4. The lowest BCUT2D eigenvalue weighted by atomic mass is 10.1. The first kappa shape index (κ1) is 8.05. The quantitative estimate of drug-likeness (QED) is 0.453. The monoisotopic (exact) mass is 152 g/mol. The van der Waals surface area contributed by atoms with Crippen LogP contribution in [-0.4, -0.2) is 12.1 Å². The molecule has 2 nitrogen and oxygen atoms in total. The minimum Gasteiger partial charge on any atom is -0.458 e. The van der Waals surface area contributed by atoms with E-state index in [9.17, 15) is 4.79 Å². The van der Waals surface area contributed by atoms with E-state index in [4.69, 9.17) is 4.74 Å². The van der Waals surface area contributed by atoms with Crippen molar-refractivity contribution in [2.45, 2.75) is 25.4 Å². The molecule has 0 aliphatic heterocycles. The molecule has 1 aliphatic carbocycles. The molecule has 0 fully saturated rings. The predicted octanol–water partition coefficient (Wildman–Crippen LogP) is 1.82. The summed E-state index contributed by atoms with van der Waals surface area (Å²) in [5.74, 6) is -0.126. The molecule has 0 heterocycles. The van der Waals surface area contributed by atoms with E-state index in [1.54, 1.807) is 6.08 Å². The lowest BCUT2D eigenvalue weighted by molar-refractivity contribution is -0.147. The van der Waals surface area contributed by atoms with E-state index in [1.165, 1.54) is 0 Å². The molecule has 0 N–H and O–H groups in total. The molecule has 0 bridgehead atoms. The molecule has 11 heavy (non-hydrogen) atoms. The van der Waals surface area contributed by atoms with E-state index in [0.717, 1.165) is 6.42 Å². The van der Waals surface area contributed by atoms with Gasteiger partial charge in [0.1, 0.15) is 6.10 Å². The highest BCUT2D eigenvalue weighted by molar-refractivity contribution is 5.70. The standard InChI is InChI=1S/C9H12O2/c1-2-3-7-9(10)11-8-5-4-6-8/h2,4-5,8H,1,3,6-7H2. The van der Waals surface area contributed by atoms with Crippen LogP contribution in [-0.2, 0) is 9.53 Å². The molecule has 0 aromatic heterocycles. The minimum absolute atomic E-state index is 0.0484. The molecular weight excluding hydrogens is 140 g/mol. The van der Waals surface area contributed by atoms with Crippen LogP contribution in [0.1, 0.15) is 19.3 Å². The van der Waals surface area contributed by atoms with Crippen molar-refractivity contribution < 1.29 is 9.53 Å². The van der Waals surface area contributed by atoms with E-state index in [1.807, 2.05) is 12.2 Å². The van der Waals surface area contributed by atoms with Crippen LogP contribution in [0.4, 0.5) is 0 Å². The maximum absolute atomic E-state index is 10.9. The summed E-state index contributed by atoms with van der Waals surface area (Å²) in [7, 11) is 0. The van der Waals surface area contributed by atoms with Gasteiger partial charge in [-0.3, -0.25) is 4.79 Å². The van der Waals surface area contributed by atoms with Crippen LogP contribution in [0.5, 0.6) is 0 Å². The smallest absolute Gasteiger partial charge is 0.306 e. The molecule has 0 saturated heterocycles. The highest BCUT2D eigenvalue weighted by Crippen LogP contribution is 2.12. The molecule has 2 heteroatoms. The van der Waals surface area contributed by atoms with Crippen LogP contribution in [0, 0.1) is 0 Å². The third-order valence-corrected chi connectivity index (χ3v) is 1.55. The highest BCUT2D eigenvalue weighted by Gasteiger charge is 2.14. The van der Waals surface area contributed by atoms with Gasteiger partial charge >= 0.3 is 5.97 Å². The number of hydrogen-bond donors (Lipinski definition) is 0. The van der Waals surface area contributed by atoms with Gasteiger partial charge in [-0.05, 0) is 12.5 Å². The van der Waals surface area contributed by atoms with Crippen molar-refractivity contribution in [3.63, 3.8) is 0 Å². The summed E-state index contributed by atoms with van der Waals surface area (Å²) in [5, 5.41) is 0. The first-order chi connectivity index (χ1) is 5.33. The number of allylic oxidation sites excluding steroid dienone is 1. The SMILES string of the molecule is C=CCCC(=O)OC1C=CC1. The van der Waals surface area contributed by atoms with E-state index in [-0.39, 0.29) is 12.1 Å². The predicted molar refractivity (Wildman–Crippen MR) is 43.1 cm³/mol. The van der Waals surface area contributed by atoms with Crippen molar-refractivity contribution in [3.05, 3.63) is 24.8 Å². The van der Waals surface area contributed by atoms with Crippen molar-refractivity contribution in [1.29, 1.82) is 0 Å². The Balaban J connectivity index is 2.10. The van der Waals surface area contributed by atoms with Gasteiger partial charge in [-0.2, -0.15) is 0 Å². The normalized spacial score (nSPS) is 20.5. The van der Waals surface area contributed by atoms with Crippen LogP contribution >= 0.6 is 0 Å². The molecule has 0 amide bonds. The number of carbonyl (C=O) groups is 1. The zero-order chi connectivity index (χ0) is 8.10. The first-order valence-corrected chi connectivity index (χ1v) is 3.80. The van der Waals surface area contributed by atoms with Gasteiger partial charge < -0.3 is 4.74 Å². The van der Waals surface area contributed by atoms with E-state index >= 15 is 0 Å². The summed E-state index contributed by atoms with van der Waals surface area (Å²) in [6.07, 6.45) is 7.69. The molecular formula is C9H12O2. The Kier molecular flexibility index (Phi) is 2.90. The molecule has 1 unspecified atom stereocenters. The maximum atomic E-state index is 10.9. The molecule has 1 rings (SSSR count). The Hall–Kier alpha value is -1.05. The average Bonchev–Trinajstić information content (AvgIpc) is 1.93. The molecule has 1 atom stereocenters. The van der Waals surface area contributed by atoms with Crippen LogP contribution in [0.15, 0.2) is 24.8 Å². The van der Waals surface area contributed by atoms with Gasteiger partial charge in [0.25, 0.3) is 0 Å². The zero-order valence-electron chi connectivity index (χ0n) is 6.45. The number of esters is 1. The number of ether oxygens (including phenoxy) is 1. The minimum atomic E-state index is -0.126. The molecule has 0 aromatic carbocycles. The van der Waals surface area contributed by atoms with E-state index in [0.29, 0.717) is 12.8 Å². The Morgan fingerprint density at radius 3 is 3.00 bits per heavy atom. The Morgan fingerprint density at radius 1 is 1.82 bits per heavy atom. The van der Waals surface area contributed by atoms with E-state index < -0.39 is 0 Å². The van der Waals surface area contributed by atoms with Crippen molar-refractivity contribution in [1.82, 2.24) is 0 Å². The summed E-state index contributed by atoms with van der Waals surface area (Å²) < 4.78 is 5.01. The van der Waals surface area contributed by atoms with Crippen LogP contribution < -0.4 is 0 Å². The van der Waals surface area contributed by atoms with Gasteiger partial charge in [0.05, 0.1) is 0 Å².